The van der Waals surface area contributed by atoms with Crippen LogP contribution >= 0.6 is 0 Å². The molecule has 2 N–H and O–H groups in total. The van der Waals surface area contributed by atoms with Gasteiger partial charge in [-0.15, -0.1) is 0 Å². The molecule has 1 aliphatic heterocycles. The second kappa shape index (κ2) is 8.63. The van der Waals surface area contributed by atoms with Gasteiger partial charge < -0.3 is 15.1 Å². The highest BCUT2D eigenvalue weighted by Crippen LogP contribution is 2.25. The first kappa shape index (κ1) is 19.4. The lowest BCUT2D eigenvalue weighted by Gasteiger charge is -2.30. The number of benzene rings is 1. The summed E-state index contributed by atoms with van der Waals surface area (Å²) in [6.07, 6.45) is 5.15. The van der Waals surface area contributed by atoms with E-state index in [0.717, 1.165) is 19.3 Å². The molecule has 1 saturated heterocycles. The Bertz CT molecular complexity index is 846. The molecule has 1 aromatic carbocycles. The zero-order chi connectivity index (χ0) is 20.2. The number of hydrogen-bond acceptors (Lipinski definition) is 4. The van der Waals surface area contributed by atoms with Gasteiger partial charge >= 0.3 is 6.03 Å². The molecule has 2 aliphatic rings. The van der Waals surface area contributed by atoms with Gasteiger partial charge in [-0.3, -0.25) is 9.89 Å². The highest BCUT2D eigenvalue weighted by atomic mass is 16.2. The Morgan fingerprint density at radius 1 is 1.10 bits per heavy atom. The van der Waals surface area contributed by atoms with Crippen molar-refractivity contribution in [1.29, 1.82) is 0 Å². The standard InChI is InChI=1S/C21H28N6O2/c1-15-22-19(25-24-15)18-14-26(21(29)23-17-10-5-6-11-17)12-7-13-27(18)20(28)16-8-3-2-4-9-16/h2-4,8-9,17-18H,5-7,10-14H2,1H3,(H,23,29)(H,22,24,25). The Morgan fingerprint density at radius 2 is 1.86 bits per heavy atom. The van der Waals surface area contributed by atoms with Crippen LogP contribution in [0.1, 0.15) is 60.2 Å². The van der Waals surface area contributed by atoms with Crippen LogP contribution in [0.15, 0.2) is 30.3 Å². The molecule has 8 nitrogen and oxygen atoms in total. The average Bonchev–Trinajstić information content (AvgIpc) is 3.34. The molecular weight excluding hydrogens is 368 g/mol. The first-order chi connectivity index (χ1) is 14.1. The van der Waals surface area contributed by atoms with Gasteiger partial charge in [0.1, 0.15) is 11.9 Å². The van der Waals surface area contributed by atoms with Gasteiger partial charge in [0, 0.05) is 24.7 Å². The second-order valence-corrected chi connectivity index (χ2v) is 7.89. The van der Waals surface area contributed by atoms with Crippen molar-refractivity contribution in [2.24, 2.45) is 0 Å². The van der Waals surface area contributed by atoms with Gasteiger partial charge in [0.15, 0.2) is 5.82 Å². The third-order valence-electron chi connectivity index (χ3n) is 5.76. The minimum absolute atomic E-state index is 0.0526. The van der Waals surface area contributed by atoms with Crippen LogP contribution < -0.4 is 5.32 Å². The molecule has 1 aromatic heterocycles. The molecule has 8 heteroatoms. The van der Waals surface area contributed by atoms with Crippen LogP contribution in [0, 0.1) is 6.92 Å². The molecule has 1 unspecified atom stereocenters. The van der Waals surface area contributed by atoms with Crippen LogP contribution in [0.5, 0.6) is 0 Å². The molecule has 29 heavy (non-hydrogen) atoms. The van der Waals surface area contributed by atoms with Crippen molar-refractivity contribution in [1.82, 2.24) is 30.3 Å². The van der Waals surface area contributed by atoms with Gasteiger partial charge in [-0.25, -0.2) is 9.78 Å². The first-order valence-corrected chi connectivity index (χ1v) is 10.4. The van der Waals surface area contributed by atoms with E-state index in [2.05, 4.69) is 20.5 Å². The van der Waals surface area contributed by atoms with Crippen molar-refractivity contribution in [3.8, 4) is 0 Å². The topological polar surface area (TPSA) is 94.2 Å². The van der Waals surface area contributed by atoms with Gasteiger partial charge in [0.2, 0.25) is 0 Å². The number of H-pyrrole nitrogens is 1. The highest BCUT2D eigenvalue weighted by Gasteiger charge is 2.35. The van der Waals surface area contributed by atoms with Gasteiger partial charge in [-0.1, -0.05) is 31.0 Å². The second-order valence-electron chi connectivity index (χ2n) is 7.89. The van der Waals surface area contributed by atoms with Gasteiger partial charge in [0.05, 0.1) is 6.54 Å². The lowest BCUT2D eigenvalue weighted by molar-refractivity contribution is 0.0669. The summed E-state index contributed by atoms with van der Waals surface area (Å²) in [4.78, 5) is 34.2. The average molecular weight is 396 g/mol. The summed E-state index contributed by atoms with van der Waals surface area (Å²) >= 11 is 0. The number of rotatable bonds is 3. The maximum absolute atomic E-state index is 13.2. The Morgan fingerprint density at radius 3 is 2.55 bits per heavy atom. The van der Waals surface area contributed by atoms with Crippen LogP contribution in [-0.2, 0) is 0 Å². The molecule has 0 spiro atoms. The van der Waals surface area contributed by atoms with E-state index in [4.69, 9.17) is 0 Å². The molecule has 0 bridgehead atoms. The third kappa shape index (κ3) is 4.41. The summed E-state index contributed by atoms with van der Waals surface area (Å²) in [5.41, 5.74) is 0.633. The molecule has 1 aliphatic carbocycles. The summed E-state index contributed by atoms with van der Waals surface area (Å²) in [5.74, 6) is 1.18. The summed E-state index contributed by atoms with van der Waals surface area (Å²) in [5, 5.41) is 10.4. The first-order valence-electron chi connectivity index (χ1n) is 10.4. The number of amides is 3. The largest absolute Gasteiger partial charge is 0.335 e. The molecular formula is C21H28N6O2. The van der Waals surface area contributed by atoms with Crippen molar-refractivity contribution >= 4 is 11.9 Å². The maximum atomic E-state index is 13.2. The quantitative estimate of drug-likeness (QED) is 0.834. The molecule has 2 fully saturated rings. The van der Waals surface area contributed by atoms with Crippen LogP contribution in [0.2, 0.25) is 0 Å². The Balaban J connectivity index is 1.57. The van der Waals surface area contributed by atoms with Gasteiger partial charge in [-0.05, 0) is 38.3 Å². The van der Waals surface area contributed by atoms with E-state index >= 15 is 0 Å². The number of nitrogens with one attached hydrogen (secondary N) is 2. The van der Waals surface area contributed by atoms with Crippen LogP contribution in [-0.4, -0.2) is 62.6 Å². The zero-order valence-corrected chi connectivity index (χ0v) is 16.8. The predicted octanol–water partition coefficient (Wildman–Crippen LogP) is 2.65. The molecule has 1 atom stereocenters. The molecule has 2 aromatic rings. The number of aromatic amines is 1. The minimum Gasteiger partial charge on any atom is -0.335 e. The number of nitrogens with zero attached hydrogens (tertiary/aromatic N) is 4. The van der Waals surface area contributed by atoms with E-state index in [1.54, 1.807) is 4.90 Å². The predicted molar refractivity (Wildman–Crippen MR) is 108 cm³/mol. The summed E-state index contributed by atoms with van der Waals surface area (Å²) in [7, 11) is 0. The van der Waals surface area contributed by atoms with Crippen molar-refractivity contribution < 1.29 is 9.59 Å². The van der Waals surface area contributed by atoms with E-state index in [-0.39, 0.29) is 24.0 Å². The molecule has 0 radical (unpaired) electrons. The van der Waals surface area contributed by atoms with Gasteiger partial charge in [-0.2, -0.15) is 5.10 Å². The van der Waals surface area contributed by atoms with Crippen molar-refractivity contribution in [2.45, 2.75) is 51.1 Å². The van der Waals surface area contributed by atoms with Crippen LogP contribution in [0.4, 0.5) is 4.79 Å². The van der Waals surface area contributed by atoms with Crippen LogP contribution in [0.3, 0.4) is 0 Å². The maximum Gasteiger partial charge on any atom is 0.317 e. The number of hydrogen-bond donors (Lipinski definition) is 2. The zero-order valence-electron chi connectivity index (χ0n) is 16.8. The number of carbonyl (C=O) groups is 2. The fourth-order valence-corrected chi connectivity index (χ4v) is 4.23. The lowest BCUT2D eigenvalue weighted by Crippen LogP contribution is -2.46. The Kier molecular flexibility index (Phi) is 5.78. The SMILES string of the molecule is Cc1nc(C2CN(C(=O)NC3CCCC3)CCCN2C(=O)c2ccccc2)n[nH]1. The Hall–Kier alpha value is -2.90. The van der Waals surface area contributed by atoms with E-state index in [1.807, 2.05) is 42.2 Å². The molecule has 154 valence electrons. The van der Waals surface area contributed by atoms with Crippen molar-refractivity contribution in [3.63, 3.8) is 0 Å². The Labute approximate surface area is 170 Å². The van der Waals surface area contributed by atoms with Crippen molar-refractivity contribution in [2.75, 3.05) is 19.6 Å². The number of aryl methyl sites for hydroxylation is 1. The summed E-state index contributed by atoms with van der Waals surface area (Å²) < 4.78 is 0. The number of carbonyl (C=O) groups excluding carboxylic acids is 2. The summed E-state index contributed by atoms with van der Waals surface area (Å²) in [6.45, 7) is 3.38. The molecule has 3 amide bonds. The van der Waals surface area contributed by atoms with E-state index in [9.17, 15) is 9.59 Å². The summed E-state index contributed by atoms with van der Waals surface area (Å²) in [6, 6.07) is 9.07. The fraction of sp³-hybridized carbons (Fsp3) is 0.524. The highest BCUT2D eigenvalue weighted by molar-refractivity contribution is 5.94. The van der Waals surface area contributed by atoms with E-state index in [1.165, 1.54) is 12.8 Å². The molecule has 1 saturated carbocycles. The van der Waals surface area contributed by atoms with E-state index < -0.39 is 0 Å². The molecule has 4 rings (SSSR count). The number of urea groups is 1. The fourth-order valence-electron chi connectivity index (χ4n) is 4.23. The molecule has 2 heterocycles. The van der Waals surface area contributed by atoms with Crippen LogP contribution in [0.25, 0.3) is 0 Å². The normalized spacial score (nSPS) is 20.5. The monoisotopic (exact) mass is 396 g/mol. The van der Waals surface area contributed by atoms with E-state index in [0.29, 0.717) is 36.8 Å². The van der Waals surface area contributed by atoms with Gasteiger partial charge in [0.25, 0.3) is 5.91 Å². The number of aromatic nitrogens is 3. The smallest absolute Gasteiger partial charge is 0.317 e. The lowest BCUT2D eigenvalue weighted by atomic mass is 10.1. The minimum atomic E-state index is -0.385. The van der Waals surface area contributed by atoms with Crippen molar-refractivity contribution in [3.05, 3.63) is 47.5 Å². The third-order valence-corrected chi connectivity index (χ3v) is 5.76.